The third-order valence-corrected chi connectivity index (χ3v) is 5.64. The molecule has 2 N–H and O–H groups in total. The van der Waals surface area contributed by atoms with Gasteiger partial charge in [0.05, 0.1) is 4.88 Å². The fraction of sp³-hybridized carbons (Fsp3) is 0.368. The number of nitrogens with zero attached hydrogens (tertiary/aromatic N) is 1. The van der Waals surface area contributed by atoms with E-state index in [1.807, 2.05) is 37.2 Å². The van der Waals surface area contributed by atoms with Crippen molar-refractivity contribution in [1.29, 1.82) is 0 Å². The lowest BCUT2D eigenvalue weighted by Crippen LogP contribution is -2.41. The van der Waals surface area contributed by atoms with Crippen molar-refractivity contribution in [3.8, 4) is 0 Å². The molecule has 1 aliphatic carbocycles. The highest BCUT2D eigenvalue weighted by atomic mass is 32.1. The molecule has 1 heterocycles. The van der Waals surface area contributed by atoms with Gasteiger partial charge in [0.2, 0.25) is 0 Å². The summed E-state index contributed by atoms with van der Waals surface area (Å²) in [6, 6.07) is 9.19. The summed E-state index contributed by atoms with van der Waals surface area (Å²) in [5, 5.41) is 0. The van der Waals surface area contributed by atoms with E-state index >= 15 is 0 Å². The van der Waals surface area contributed by atoms with Gasteiger partial charge in [-0.1, -0.05) is 6.42 Å². The molecule has 1 aromatic carbocycles. The van der Waals surface area contributed by atoms with Crippen LogP contribution < -0.4 is 15.8 Å². The number of hydrogen-bond donors (Lipinski definition) is 2. The lowest BCUT2D eigenvalue weighted by atomic mass is 10.1. The summed E-state index contributed by atoms with van der Waals surface area (Å²) in [4.78, 5) is 28.4. The van der Waals surface area contributed by atoms with Crippen LogP contribution in [0.5, 0.6) is 0 Å². The van der Waals surface area contributed by atoms with Gasteiger partial charge in [-0.3, -0.25) is 20.4 Å². The molecule has 0 saturated carbocycles. The molecule has 0 atom stereocenters. The Hall–Kier alpha value is -2.34. The molecule has 2 amide bonds. The second-order valence-corrected chi connectivity index (χ2v) is 7.61. The highest BCUT2D eigenvalue weighted by molar-refractivity contribution is 7.14. The van der Waals surface area contributed by atoms with Crippen LogP contribution in [-0.4, -0.2) is 25.9 Å². The van der Waals surface area contributed by atoms with Crippen molar-refractivity contribution in [3.63, 3.8) is 0 Å². The average Bonchev–Trinajstić information content (AvgIpc) is 2.90. The molecular weight excluding hydrogens is 334 g/mol. The van der Waals surface area contributed by atoms with E-state index in [1.165, 1.54) is 29.7 Å². The number of fused-ring (bicyclic) bond motifs is 1. The number of rotatable bonds is 3. The Kier molecular flexibility index (Phi) is 5.38. The maximum atomic E-state index is 12.3. The van der Waals surface area contributed by atoms with Crippen molar-refractivity contribution in [1.82, 2.24) is 10.9 Å². The number of thiophene rings is 1. The van der Waals surface area contributed by atoms with Gasteiger partial charge in [-0.2, -0.15) is 0 Å². The highest BCUT2D eigenvalue weighted by Gasteiger charge is 2.17. The van der Waals surface area contributed by atoms with Crippen LogP contribution in [0.25, 0.3) is 0 Å². The fourth-order valence-electron chi connectivity index (χ4n) is 2.94. The van der Waals surface area contributed by atoms with Crippen LogP contribution in [0.3, 0.4) is 0 Å². The molecule has 0 fully saturated rings. The van der Waals surface area contributed by atoms with Gasteiger partial charge in [-0.25, -0.2) is 0 Å². The molecule has 6 heteroatoms. The fourth-order valence-corrected chi connectivity index (χ4v) is 4.09. The molecule has 0 saturated heterocycles. The van der Waals surface area contributed by atoms with E-state index in [9.17, 15) is 9.59 Å². The monoisotopic (exact) mass is 357 g/mol. The lowest BCUT2D eigenvalue weighted by Gasteiger charge is -2.12. The van der Waals surface area contributed by atoms with Gasteiger partial charge >= 0.3 is 0 Å². The van der Waals surface area contributed by atoms with Crippen LogP contribution in [-0.2, 0) is 12.8 Å². The Balaban J connectivity index is 1.59. The Morgan fingerprint density at radius 3 is 2.36 bits per heavy atom. The second kappa shape index (κ2) is 7.70. The molecular formula is C19H23N3O2S. The van der Waals surface area contributed by atoms with Crippen LogP contribution in [0.15, 0.2) is 30.3 Å². The Labute approximate surface area is 152 Å². The van der Waals surface area contributed by atoms with Crippen LogP contribution in [0, 0.1) is 0 Å². The van der Waals surface area contributed by atoms with Crippen molar-refractivity contribution in [2.45, 2.75) is 32.1 Å². The van der Waals surface area contributed by atoms with Gasteiger partial charge < -0.3 is 4.90 Å². The third-order valence-electron chi connectivity index (χ3n) is 4.41. The smallest absolute Gasteiger partial charge is 0.279 e. The molecule has 0 spiro atoms. The predicted octanol–water partition coefficient (Wildman–Crippen LogP) is 3.16. The van der Waals surface area contributed by atoms with E-state index in [4.69, 9.17) is 0 Å². The predicted molar refractivity (Wildman–Crippen MR) is 101 cm³/mol. The van der Waals surface area contributed by atoms with Crippen molar-refractivity contribution in [2.24, 2.45) is 0 Å². The molecule has 0 bridgehead atoms. The first kappa shape index (κ1) is 17.5. The van der Waals surface area contributed by atoms with Gasteiger partial charge in [-0.05, 0) is 61.6 Å². The maximum absolute atomic E-state index is 12.3. The number of hydrogen-bond acceptors (Lipinski definition) is 4. The SMILES string of the molecule is CN(C)c1ccc(C(=O)NNC(=O)c2cc3c(s2)CCCCC3)cc1. The molecule has 132 valence electrons. The molecule has 2 aromatic rings. The average molecular weight is 357 g/mol. The number of nitrogens with one attached hydrogen (secondary N) is 2. The summed E-state index contributed by atoms with van der Waals surface area (Å²) in [6.07, 6.45) is 5.73. The van der Waals surface area contributed by atoms with E-state index in [0.29, 0.717) is 10.4 Å². The zero-order chi connectivity index (χ0) is 17.8. The van der Waals surface area contributed by atoms with E-state index < -0.39 is 0 Å². The Morgan fingerprint density at radius 1 is 0.960 bits per heavy atom. The first-order valence-corrected chi connectivity index (χ1v) is 9.36. The summed E-state index contributed by atoms with van der Waals surface area (Å²) >= 11 is 1.54. The molecule has 0 aliphatic heterocycles. The normalized spacial score (nSPS) is 13.5. The molecule has 3 rings (SSSR count). The van der Waals surface area contributed by atoms with Gasteiger partial charge in [0.15, 0.2) is 0 Å². The summed E-state index contributed by atoms with van der Waals surface area (Å²) in [5.74, 6) is -0.576. The quantitative estimate of drug-likeness (QED) is 0.655. The number of anilines is 1. The van der Waals surface area contributed by atoms with E-state index in [2.05, 4.69) is 10.9 Å². The number of aryl methyl sites for hydroxylation is 2. The van der Waals surface area contributed by atoms with E-state index in [0.717, 1.165) is 18.5 Å². The summed E-state index contributed by atoms with van der Waals surface area (Å²) < 4.78 is 0. The van der Waals surface area contributed by atoms with Crippen molar-refractivity contribution in [2.75, 3.05) is 19.0 Å². The number of hydrazine groups is 1. The van der Waals surface area contributed by atoms with Crippen molar-refractivity contribution < 1.29 is 9.59 Å². The van der Waals surface area contributed by atoms with Crippen LogP contribution >= 0.6 is 11.3 Å². The molecule has 25 heavy (non-hydrogen) atoms. The van der Waals surface area contributed by atoms with Crippen LogP contribution in [0.2, 0.25) is 0 Å². The van der Waals surface area contributed by atoms with E-state index in [-0.39, 0.29) is 11.8 Å². The number of amides is 2. The minimum atomic E-state index is -0.322. The third kappa shape index (κ3) is 4.20. The first-order valence-electron chi connectivity index (χ1n) is 8.54. The standard InChI is InChI=1S/C19H23N3O2S/c1-22(2)15-10-8-13(9-11-15)18(23)20-21-19(24)17-12-14-6-4-3-5-7-16(14)25-17/h8-12H,3-7H2,1-2H3,(H,20,23)(H,21,24). The lowest BCUT2D eigenvalue weighted by molar-refractivity contribution is 0.0849. The van der Waals surface area contributed by atoms with Crippen LogP contribution in [0.4, 0.5) is 5.69 Å². The zero-order valence-corrected chi connectivity index (χ0v) is 15.4. The minimum absolute atomic E-state index is 0.253. The second-order valence-electron chi connectivity index (χ2n) is 6.47. The number of benzene rings is 1. The topological polar surface area (TPSA) is 61.4 Å². The number of carbonyl (C=O) groups is 2. The van der Waals surface area contributed by atoms with Gasteiger partial charge in [0.1, 0.15) is 0 Å². The first-order chi connectivity index (χ1) is 12.0. The molecule has 5 nitrogen and oxygen atoms in total. The zero-order valence-electron chi connectivity index (χ0n) is 14.6. The number of carbonyl (C=O) groups excluding carboxylic acids is 2. The van der Waals surface area contributed by atoms with Gasteiger partial charge in [-0.15, -0.1) is 11.3 Å². The summed E-state index contributed by atoms with van der Waals surface area (Å²) in [5.41, 5.74) is 7.83. The van der Waals surface area contributed by atoms with Crippen molar-refractivity contribution >= 4 is 28.8 Å². The Bertz CT molecular complexity index is 742. The summed E-state index contributed by atoms with van der Waals surface area (Å²) in [6.45, 7) is 0. The molecule has 1 aromatic heterocycles. The highest BCUT2D eigenvalue weighted by Crippen LogP contribution is 2.28. The van der Waals surface area contributed by atoms with Gasteiger partial charge in [0, 0.05) is 30.2 Å². The molecule has 0 radical (unpaired) electrons. The van der Waals surface area contributed by atoms with Gasteiger partial charge in [0.25, 0.3) is 11.8 Å². The summed E-state index contributed by atoms with van der Waals surface area (Å²) in [7, 11) is 3.88. The van der Waals surface area contributed by atoms with Crippen LogP contribution in [0.1, 0.15) is 49.7 Å². The van der Waals surface area contributed by atoms with E-state index in [1.54, 1.807) is 23.5 Å². The molecule has 0 unspecified atom stereocenters. The largest absolute Gasteiger partial charge is 0.378 e. The maximum Gasteiger partial charge on any atom is 0.279 e. The molecule has 1 aliphatic rings. The Morgan fingerprint density at radius 2 is 1.64 bits per heavy atom. The minimum Gasteiger partial charge on any atom is -0.378 e. The van der Waals surface area contributed by atoms with Crippen molar-refractivity contribution in [3.05, 3.63) is 51.2 Å².